The summed E-state index contributed by atoms with van der Waals surface area (Å²) >= 11 is 0. The quantitative estimate of drug-likeness (QED) is 0.293. The average Bonchev–Trinajstić information content (AvgIpc) is 2.90. The molecular weight excluding hydrogens is 488 g/mol. The highest BCUT2D eigenvalue weighted by Gasteiger charge is 2.20. The minimum Gasteiger partial charge on any atom is -0.489 e. The Labute approximate surface area is 221 Å². The third-order valence-corrected chi connectivity index (χ3v) is 5.47. The predicted octanol–water partition coefficient (Wildman–Crippen LogP) is 5.56. The number of rotatable bonds is 8. The van der Waals surface area contributed by atoms with Crippen LogP contribution in [0.5, 0.6) is 5.75 Å². The fourth-order valence-corrected chi connectivity index (χ4v) is 4.01. The van der Waals surface area contributed by atoms with Gasteiger partial charge in [-0.25, -0.2) is 18.7 Å². The van der Waals surface area contributed by atoms with Gasteiger partial charge in [-0.15, -0.1) is 0 Å². The standard InChI is InChI=1S/C26H27F2N7O.C2H6/c1-15(13-35(3)4)36-22-9-16(17(11-29)12-30-2)8-21-23(22)26(33-14-32-21)34-25-19(27)10-20-18(24(25)28)6-5-7-31-20;1-2/h5-12,14-15H,13,29H2,1-4H3,(H,32,33,34);1-2H3/b17-11+,30-12?;. The van der Waals surface area contributed by atoms with Crippen LogP contribution >= 0.6 is 0 Å². The topological polar surface area (TPSA) is 102 Å². The van der Waals surface area contributed by atoms with Gasteiger partial charge in [-0.1, -0.05) is 13.8 Å². The van der Waals surface area contributed by atoms with Crippen LogP contribution < -0.4 is 15.8 Å². The molecule has 3 N–H and O–H groups in total. The second-order valence-corrected chi connectivity index (χ2v) is 8.53. The zero-order chi connectivity index (χ0) is 27.8. The minimum atomic E-state index is -0.793. The molecule has 0 bridgehead atoms. The lowest BCUT2D eigenvalue weighted by Crippen LogP contribution is -2.28. The predicted molar refractivity (Wildman–Crippen MR) is 151 cm³/mol. The highest BCUT2D eigenvalue weighted by atomic mass is 19.1. The van der Waals surface area contributed by atoms with Gasteiger partial charge in [-0.05, 0) is 50.8 Å². The molecule has 0 fully saturated rings. The highest BCUT2D eigenvalue weighted by Crippen LogP contribution is 2.37. The zero-order valence-electron chi connectivity index (χ0n) is 22.5. The van der Waals surface area contributed by atoms with Gasteiger partial charge >= 0.3 is 0 Å². The number of fused-ring (bicyclic) bond motifs is 2. The fourth-order valence-electron chi connectivity index (χ4n) is 4.01. The van der Waals surface area contributed by atoms with Crippen molar-refractivity contribution < 1.29 is 13.5 Å². The van der Waals surface area contributed by atoms with Crippen LogP contribution in [0.15, 0.2) is 54.0 Å². The SMILES string of the molecule is CC.CN=C/C(=C\N)c1cc(OC(C)CN(C)C)c2c(Nc3c(F)cc4ncccc4c3F)ncnc2c1. The van der Waals surface area contributed by atoms with E-state index in [9.17, 15) is 4.39 Å². The van der Waals surface area contributed by atoms with Gasteiger partial charge in [0.05, 0.1) is 16.4 Å². The van der Waals surface area contributed by atoms with E-state index in [1.54, 1.807) is 37.5 Å². The molecular formula is C28H33F2N7O. The van der Waals surface area contributed by atoms with Crippen LogP contribution in [0, 0.1) is 11.6 Å². The highest BCUT2D eigenvalue weighted by molar-refractivity contribution is 6.11. The Bertz CT molecular complexity index is 1470. The molecule has 38 heavy (non-hydrogen) atoms. The van der Waals surface area contributed by atoms with Crippen molar-refractivity contribution >= 4 is 45.1 Å². The van der Waals surface area contributed by atoms with Gasteiger partial charge in [0.25, 0.3) is 0 Å². The summed E-state index contributed by atoms with van der Waals surface area (Å²) in [5.41, 5.74) is 7.60. The van der Waals surface area contributed by atoms with Crippen LogP contribution in [-0.4, -0.2) is 59.9 Å². The van der Waals surface area contributed by atoms with Crippen molar-refractivity contribution in [2.45, 2.75) is 26.9 Å². The summed E-state index contributed by atoms with van der Waals surface area (Å²) in [6.07, 6.45) is 5.66. The Morgan fingerprint density at radius 3 is 2.61 bits per heavy atom. The number of likely N-dealkylation sites (N-methyl/N-ethyl adjacent to an activating group) is 1. The third-order valence-electron chi connectivity index (χ3n) is 5.47. The maximum atomic E-state index is 15.3. The zero-order valence-corrected chi connectivity index (χ0v) is 22.5. The van der Waals surface area contributed by atoms with Crippen LogP contribution in [0.1, 0.15) is 26.3 Å². The van der Waals surface area contributed by atoms with Gasteiger partial charge < -0.3 is 20.7 Å². The monoisotopic (exact) mass is 521 g/mol. The number of aliphatic imine (C=N–C) groups is 1. The molecule has 0 radical (unpaired) electrons. The molecule has 1 unspecified atom stereocenters. The van der Waals surface area contributed by atoms with E-state index in [1.807, 2.05) is 39.8 Å². The number of anilines is 2. The first-order valence-electron chi connectivity index (χ1n) is 12.3. The smallest absolute Gasteiger partial charge is 0.159 e. The van der Waals surface area contributed by atoms with Crippen LogP contribution in [-0.2, 0) is 0 Å². The molecule has 0 aliphatic carbocycles. The molecule has 0 amide bonds. The molecule has 8 nitrogen and oxygen atoms in total. The summed E-state index contributed by atoms with van der Waals surface area (Å²) in [5.74, 6) is -0.926. The van der Waals surface area contributed by atoms with Crippen LogP contribution in [0.2, 0.25) is 0 Å². The Balaban J connectivity index is 0.00000195. The van der Waals surface area contributed by atoms with E-state index in [-0.39, 0.29) is 28.5 Å². The van der Waals surface area contributed by atoms with Crippen LogP contribution in [0.4, 0.5) is 20.3 Å². The lowest BCUT2D eigenvalue weighted by molar-refractivity contribution is 0.179. The van der Waals surface area contributed by atoms with Gasteiger partial charge in [-0.2, -0.15) is 0 Å². The van der Waals surface area contributed by atoms with Crippen molar-refractivity contribution in [3.05, 3.63) is 66.3 Å². The van der Waals surface area contributed by atoms with E-state index in [1.165, 1.54) is 24.8 Å². The van der Waals surface area contributed by atoms with E-state index >= 15 is 4.39 Å². The number of halogens is 2. The summed E-state index contributed by atoms with van der Waals surface area (Å²) in [4.78, 5) is 18.8. The number of benzene rings is 2. The first-order valence-corrected chi connectivity index (χ1v) is 12.3. The Kier molecular flexibility index (Phi) is 9.61. The van der Waals surface area contributed by atoms with Crippen molar-refractivity contribution in [2.75, 3.05) is 33.0 Å². The molecule has 0 spiro atoms. The molecule has 4 aromatic rings. The number of pyridine rings is 1. The summed E-state index contributed by atoms with van der Waals surface area (Å²) in [5, 5.41) is 3.50. The number of nitrogens with one attached hydrogen (secondary N) is 1. The molecule has 0 aliphatic heterocycles. The van der Waals surface area contributed by atoms with E-state index in [0.717, 1.165) is 5.56 Å². The largest absolute Gasteiger partial charge is 0.489 e. The van der Waals surface area contributed by atoms with Crippen molar-refractivity contribution in [1.82, 2.24) is 19.9 Å². The molecule has 10 heteroatoms. The fraction of sp³-hybridized carbons (Fsp3) is 0.286. The number of nitrogens with two attached hydrogens (primary N) is 1. The van der Waals surface area contributed by atoms with E-state index < -0.39 is 11.6 Å². The molecule has 1 atom stereocenters. The summed E-state index contributed by atoms with van der Waals surface area (Å²) < 4.78 is 36.6. The molecule has 2 aromatic carbocycles. The van der Waals surface area contributed by atoms with Crippen molar-refractivity contribution in [3.8, 4) is 5.75 Å². The van der Waals surface area contributed by atoms with Crippen LogP contribution in [0.3, 0.4) is 0 Å². The van der Waals surface area contributed by atoms with Crippen molar-refractivity contribution in [1.29, 1.82) is 0 Å². The molecule has 4 rings (SSSR count). The van der Waals surface area contributed by atoms with Gasteiger partial charge in [0, 0.05) is 49.2 Å². The summed E-state index contributed by atoms with van der Waals surface area (Å²) in [6.45, 7) is 6.57. The molecule has 2 aromatic heterocycles. The molecule has 2 heterocycles. The first kappa shape index (κ1) is 28.4. The number of nitrogens with zero attached hydrogens (tertiary/aromatic N) is 5. The van der Waals surface area contributed by atoms with Gasteiger partial charge in [0.1, 0.15) is 29.7 Å². The lowest BCUT2D eigenvalue weighted by Gasteiger charge is -2.21. The number of hydrogen-bond donors (Lipinski definition) is 2. The van der Waals surface area contributed by atoms with E-state index in [0.29, 0.717) is 28.8 Å². The Hall–Kier alpha value is -4.18. The van der Waals surface area contributed by atoms with Gasteiger partial charge in [0.15, 0.2) is 11.6 Å². The van der Waals surface area contributed by atoms with Gasteiger partial charge in [0.2, 0.25) is 0 Å². The summed E-state index contributed by atoms with van der Waals surface area (Å²) in [7, 11) is 5.53. The normalized spacial score (nSPS) is 12.6. The molecule has 200 valence electrons. The third kappa shape index (κ3) is 6.20. The Morgan fingerprint density at radius 2 is 1.92 bits per heavy atom. The van der Waals surface area contributed by atoms with E-state index in [2.05, 4.69) is 25.3 Å². The lowest BCUT2D eigenvalue weighted by atomic mass is 10.0. The Morgan fingerprint density at radius 1 is 1.16 bits per heavy atom. The number of aromatic nitrogens is 3. The number of ether oxygens (including phenoxy) is 1. The molecule has 0 saturated heterocycles. The van der Waals surface area contributed by atoms with E-state index in [4.69, 9.17) is 10.5 Å². The summed E-state index contributed by atoms with van der Waals surface area (Å²) in [6, 6.07) is 7.90. The maximum absolute atomic E-state index is 15.3. The maximum Gasteiger partial charge on any atom is 0.159 e. The van der Waals surface area contributed by atoms with Gasteiger partial charge in [-0.3, -0.25) is 9.98 Å². The molecule has 0 aliphatic rings. The molecule has 0 saturated carbocycles. The second kappa shape index (κ2) is 12.9. The van der Waals surface area contributed by atoms with Crippen molar-refractivity contribution in [3.63, 3.8) is 0 Å². The second-order valence-electron chi connectivity index (χ2n) is 8.53. The number of allylic oxidation sites excluding steroid dienone is 1. The average molecular weight is 522 g/mol. The first-order chi connectivity index (χ1) is 18.3. The number of hydrogen-bond acceptors (Lipinski definition) is 8. The minimum absolute atomic E-state index is 0.190. The van der Waals surface area contributed by atoms with Crippen molar-refractivity contribution in [2.24, 2.45) is 10.7 Å². The van der Waals surface area contributed by atoms with Crippen LogP contribution in [0.25, 0.3) is 27.4 Å².